The molecule has 1 fully saturated rings. The summed E-state index contributed by atoms with van der Waals surface area (Å²) in [6.07, 6.45) is 5.40. The Morgan fingerprint density at radius 2 is 2.00 bits per heavy atom. The highest BCUT2D eigenvalue weighted by atomic mass is 16.5. The van der Waals surface area contributed by atoms with Crippen LogP contribution >= 0.6 is 0 Å². The van der Waals surface area contributed by atoms with Crippen LogP contribution in [0.5, 0.6) is 5.75 Å². The van der Waals surface area contributed by atoms with Crippen molar-refractivity contribution in [1.82, 2.24) is 0 Å². The van der Waals surface area contributed by atoms with Gasteiger partial charge in [-0.2, -0.15) is 0 Å². The SMILES string of the molecule is Nc1cccc(OCCOCC2CCCC2)c1. The van der Waals surface area contributed by atoms with Crippen LogP contribution in [0.25, 0.3) is 0 Å². The number of nitrogen functional groups attached to an aromatic ring is 1. The van der Waals surface area contributed by atoms with E-state index in [1.54, 1.807) is 0 Å². The molecule has 0 atom stereocenters. The van der Waals surface area contributed by atoms with Crippen LogP contribution < -0.4 is 10.5 Å². The van der Waals surface area contributed by atoms with Crippen molar-refractivity contribution in [2.45, 2.75) is 25.7 Å². The van der Waals surface area contributed by atoms with Gasteiger partial charge < -0.3 is 15.2 Å². The normalized spacial score (nSPS) is 16.2. The summed E-state index contributed by atoms with van der Waals surface area (Å²) in [6, 6.07) is 7.48. The quantitative estimate of drug-likeness (QED) is 0.609. The van der Waals surface area contributed by atoms with Crippen molar-refractivity contribution in [1.29, 1.82) is 0 Å². The van der Waals surface area contributed by atoms with E-state index in [4.69, 9.17) is 15.2 Å². The molecule has 2 N–H and O–H groups in total. The smallest absolute Gasteiger partial charge is 0.121 e. The second kappa shape index (κ2) is 6.50. The number of nitrogens with two attached hydrogens (primary N) is 1. The summed E-state index contributed by atoms with van der Waals surface area (Å²) < 4.78 is 11.2. The first-order valence-corrected chi connectivity index (χ1v) is 6.40. The molecule has 0 amide bonds. The fraction of sp³-hybridized carbons (Fsp3) is 0.571. The van der Waals surface area contributed by atoms with Crippen LogP contribution in [0, 0.1) is 5.92 Å². The van der Waals surface area contributed by atoms with E-state index in [1.807, 2.05) is 24.3 Å². The first-order valence-electron chi connectivity index (χ1n) is 6.40. The molecule has 1 aromatic carbocycles. The number of hydrogen-bond donors (Lipinski definition) is 1. The lowest BCUT2D eigenvalue weighted by Gasteiger charge is -2.10. The van der Waals surface area contributed by atoms with Crippen LogP contribution in [0.1, 0.15) is 25.7 Å². The van der Waals surface area contributed by atoms with Crippen molar-refractivity contribution >= 4 is 5.69 Å². The largest absolute Gasteiger partial charge is 0.491 e. The summed E-state index contributed by atoms with van der Waals surface area (Å²) in [7, 11) is 0. The van der Waals surface area contributed by atoms with Crippen molar-refractivity contribution in [3.63, 3.8) is 0 Å². The molecule has 0 spiro atoms. The van der Waals surface area contributed by atoms with Gasteiger partial charge in [-0.25, -0.2) is 0 Å². The van der Waals surface area contributed by atoms with Gasteiger partial charge in [-0.05, 0) is 30.9 Å². The molecule has 3 heteroatoms. The number of hydrogen-bond acceptors (Lipinski definition) is 3. The number of rotatable bonds is 6. The molecule has 2 rings (SSSR count). The highest BCUT2D eigenvalue weighted by molar-refractivity contribution is 5.43. The average molecular weight is 235 g/mol. The maximum atomic E-state index is 5.66. The monoisotopic (exact) mass is 235 g/mol. The summed E-state index contributed by atoms with van der Waals surface area (Å²) in [6.45, 7) is 2.14. The maximum absolute atomic E-state index is 5.66. The van der Waals surface area contributed by atoms with Gasteiger partial charge in [0.1, 0.15) is 12.4 Å². The van der Waals surface area contributed by atoms with Crippen LogP contribution in [0.15, 0.2) is 24.3 Å². The Morgan fingerprint density at radius 1 is 1.18 bits per heavy atom. The Bertz CT molecular complexity index is 335. The van der Waals surface area contributed by atoms with Gasteiger partial charge in [0.05, 0.1) is 6.61 Å². The van der Waals surface area contributed by atoms with Gasteiger partial charge in [0.25, 0.3) is 0 Å². The first kappa shape index (κ1) is 12.2. The second-order valence-electron chi connectivity index (χ2n) is 4.65. The van der Waals surface area contributed by atoms with E-state index < -0.39 is 0 Å². The van der Waals surface area contributed by atoms with Gasteiger partial charge >= 0.3 is 0 Å². The average Bonchev–Trinajstić information content (AvgIpc) is 2.82. The Hall–Kier alpha value is -1.22. The Morgan fingerprint density at radius 3 is 2.76 bits per heavy atom. The van der Waals surface area contributed by atoms with Gasteiger partial charge in [0, 0.05) is 18.4 Å². The van der Waals surface area contributed by atoms with Crippen molar-refractivity contribution in [2.75, 3.05) is 25.6 Å². The lowest BCUT2D eigenvalue weighted by atomic mass is 10.1. The highest BCUT2D eigenvalue weighted by Gasteiger charge is 2.14. The zero-order chi connectivity index (χ0) is 11.9. The van der Waals surface area contributed by atoms with Crippen molar-refractivity contribution in [3.8, 4) is 5.75 Å². The zero-order valence-corrected chi connectivity index (χ0v) is 10.2. The Kier molecular flexibility index (Phi) is 4.68. The molecule has 1 aromatic rings. The Labute approximate surface area is 103 Å². The third-order valence-electron chi connectivity index (χ3n) is 3.18. The van der Waals surface area contributed by atoms with Crippen LogP contribution in [0.3, 0.4) is 0 Å². The minimum absolute atomic E-state index is 0.593. The van der Waals surface area contributed by atoms with Crippen LogP contribution in [-0.4, -0.2) is 19.8 Å². The lowest BCUT2D eigenvalue weighted by Crippen LogP contribution is -2.11. The molecule has 1 aliphatic rings. The third-order valence-corrected chi connectivity index (χ3v) is 3.18. The second-order valence-corrected chi connectivity index (χ2v) is 4.65. The summed E-state index contributed by atoms with van der Waals surface area (Å²) in [5, 5.41) is 0. The van der Waals surface area contributed by atoms with Crippen molar-refractivity contribution in [3.05, 3.63) is 24.3 Å². The summed E-state index contributed by atoms with van der Waals surface area (Å²) in [5.74, 6) is 1.59. The fourth-order valence-corrected chi connectivity index (χ4v) is 2.25. The fourth-order valence-electron chi connectivity index (χ4n) is 2.25. The summed E-state index contributed by atoms with van der Waals surface area (Å²) in [4.78, 5) is 0. The molecule has 0 aliphatic heterocycles. The predicted molar refractivity (Wildman–Crippen MR) is 69.1 cm³/mol. The summed E-state index contributed by atoms with van der Waals surface area (Å²) >= 11 is 0. The molecule has 1 aliphatic carbocycles. The predicted octanol–water partition coefficient (Wildman–Crippen LogP) is 2.85. The molecule has 17 heavy (non-hydrogen) atoms. The molecule has 0 heterocycles. The first-order chi connectivity index (χ1) is 8.34. The highest BCUT2D eigenvalue weighted by Crippen LogP contribution is 2.24. The molecule has 94 valence electrons. The van der Waals surface area contributed by atoms with Crippen LogP contribution in [0.4, 0.5) is 5.69 Å². The number of anilines is 1. The molecule has 0 aromatic heterocycles. The van der Waals surface area contributed by atoms with E-state index in [9.17, 15) is 0 Å². The van der Waals surface area contributed by atoms with E-state index in [0.29, 0.717) is 13.2 Å². The van der Waals surface area contributed by atoms with Gasteiger partial charge in [0.15, 0.2) is 0 Å². The van der Waals surface area contributed by atoms with Crippen LogP contribution in [-0.2, 0) is 4.74 Å². The summed E-state index contributed by atoms with van der Waals surface area (Å²) in [5.41, 5.74) is 6.39. The molecule has 3 nitrogen and oxygen atoms in total. The lowest BCUT2D eigenvalue weighted by molar-refractivity contribution is 0.0754. The molecule has 0 unspecified atom stereocenters. The van der Waals surface area contributed by atoms with Crippen molar-refractivity contribution in [2.24, 2.45) is 5.92 Å². The van der Waals surface area contributed by atoms with Gasteiger partial charge in [-0.1, -0.05) is 18.9 Å². The minimum atomic E-state index is 0.593. The van der Waals surface area contributed by atoms with E-state index in [1.165, 1.54) is 25.7 Å². The van der Waals surface area contributed by atoms with E-state index in [0.717, 1.165) is 24.0 Å². The molecule has 0 bridgehead atoms. The van der Waals surface area contributed by atoms with E-state index in [2.05, 4.69) is 0 Å². The molecule has 1 saturated carbocycles. The van der Waals surface area contributed by atoms with Crippen LogP contribution in [0.2, 0.25) is 0 Å². The molecular formula is C14H21NO2. The van der Waals surface area contributed by atoms with E-state index in [-0.39, 0.29) is 0 Å². The number of ether oxygens (including phenoxy) is 2. The zero-order valence-electron chi connectivity index (χ0n) is 10.2. The molecule has 0 radical (unpaired) electrons. The molecule has 0 saturated heterocycles. The number of benzene rings is 1. The van der Waals surface area contributed by atoms with Gasteiger partial charge in [-0.15, -0.1) is 0 Å². The standard InChI is InChI=1S/C14H21NO2/c15-13-6-3-7-14(10-13)17-9-8-16-11-12-4-1-2-5-12/h3,6-7,10,12H,1-2,4-5,8-9,11,15H2. The Balaban J connectivity index is 1.56. The topological polar surface area (TPSA) is 44.5 Å². The van der Waals surface area contributed by atoms with Gasteiger partial charge in [0.2, 0.25) is 0 Å². The third kappa shape index (κ3) is 4.27. The molecular weight excluding hydrogens is 214 g/mol. The van der Waals surface area contributed by atoms with Gasteiger partial charge in [-0.3, -0.25) is 0 Å². The maximum Gasteiger partial charge on any atom is 0.121 e. The minimum Gasteiger partial charge on any atom is -0.491 e. The van der Waals surface area contributed by atoms with E-state index >= 15 is 0 Å². The van der Waals surface area contributed by atoms with Crippen molar-refractivity contribution < 1.29 is 9.47 Å².